The van der Waals surface area contributed by atoms with Gasteiger partial charge in [-0.2, -0.15) is 0 Å². The molecule has 0 aliphatic rings. The Kier molecular flexibility index (Phi) is 4.10. The first-order chi connectivity index (χ1) is 7.54. The predicted octanol–water partition coefficient (Wildman–Crippen LogP) is 0.660. The molecule has 1 aromatic rings. The number of aryl methyl sites for hydroxylation is 1. The van der Waals surface area contributed by atoms with Crippen molar-refractivity contribution in [3.8, 4) is 0 Å². The van der Waals surface area contributed by atoms with Crippen LogP contribution in [0.3, 0.4) is 0 Å². The molecule has 2 amide bonds. The summed E-state index contributed by atoms with van der Waals surface area (Å²) in [5.41, 5.74) is 0. The molecule has 0 saturated heterocycles. The van der Waals surface area contributed by atoms with E-state index >= 15 is 0 Å². The van der Waals surface area contributed by atoms with Crippen molar-refractivity contribution in [3.05, 3.63) is 23.7 Å². The fraction of sp³-hybridized carbons (Fsp3) is 0.455. The molecule has 5 nitrogen and oxygen atoms in total. The van der Waals surface area contributed by atoms with Crippen molar-refractivity contribution < 1.29 is 14.0 Å². The third-order valence-corrected chi connectivity index (χ3v) is 2.13. The number of amides is 2. The summed E-state index contributed by atoms with van der Waals surface area (Å²) < 4.78 is 5.25. The minimum Gasteiger partial charge on any atom is -0.456 e. The van der Waals surface area contributed by atoms with Gasteiger partial charge in [-0.25, -0.2) is 0 Å². The van der Waals surface area contributed by atoms with Crippen molar-refractivity contribution in [2.24, 2.45) is 0 Å². The molecule has 0 aromatic carbocycles. The normalized spacial score (nSPS) is 9.94. The highest BCUT2D eigenvalue weighted by molar-refractivity contribution is 5.94. The minimum absolute atomic E-state index is 0.0198. The van der Waals surface area contributed by atoms with E-state index in [-0.39, 0.29) is 24.1 Å². The maximum atomic E-state index is 11.5. The number of likely N-dealkylation sites (N-methyl/N-ethyl adjacent to an activating group) is 1. The van der Waals surface area contributed by atoms with E-state index in [1.54, 1.807) is 26.2 Å². The number of carbonyl (C=O) groups is 2. The molecular weight excluding hydrogens is 208 g/mol. The molecular formula is C11H16N2O3. The van der Waals surface area contributed by atoms with Crippen LogP contribution in [0.25, 0.3) is 0 Å². The third-order valence-electron chi connectivity index (χ3n) is 2.13. The Balaban J connectivity index is 2.49. The fourth-order valence-corrected chi connectivity index (χ4v) is 1.09. The van der Waals surface area contributed by atoms with Gasteiger partial charge >= 0.3 is 0 Å². The average Bonchev–Trinajstić information content (AvgIpc) is 2.73. The van der Waals surface area contributed by atoms with Gasteiger partial charge in [0.1, 0.15) is 5.76 Å². The highest BCUT2D eigenvalue weighted by Crippen LogP contribution is 2.07. The Morgan fingerprint density at radius 2 is 2.06 bits per heavy atom. The highest BCUT2D eigenvalue weighted by Gasteiger charge is 2.12. The van der Waals surface area contributed by atoms with Crippen LogP contribution in [0.15, 0.2) is 16.5 Å². The first-order valence-corrected chi connectivity index (χ1v) is 5.11. The lowest BCUT2D eigenvalue weighted by atomic mass is 10.3. The molecule has 0 fully saturated rings. The molecule has 0 aliphatic heterocycles. The summed E-state index contributed by atoms with van der Waals surface area (Å²) in [6.07, 6.45) is 0.740. The van der Waals surface area contributed by atoms with Crippen LogP contribution in [0.5, 0.6) is 0 Å². The summed E-state index contributed by atoms with van der Waals surface area (Å²) in [6, 6.07) is 3.36. The zero-order valence-corrected chi connectivity index (χ0v) is 9.74. The monoisotopic (exact) mass is 224 g/mol. The van der Waals surface area contributed by atoms with Crippen LogP contribution in [0.1, 0.15) is 23.2 Å². The van der Waals surface area contributed by atoms with E-state index in [1.807, 2.05) is 6.92 Å². The maximum Gasteiger partial charge on any atom is 0.287 e. The minimum atomic E-state index is -0.366. The first-order valence-electron chi connectivity index (χ1n) is 5.11. The Morgan fingerprint density at radius 3 is 2.56 bits per heavy atom. The van der Waals surface area contributed by atoms with Crippen molar-refractivity contribution in [1.29, 1.82) is 0 Å². The Hall–Kier alpha value is -1.78. The molecule has 1 aromatic heterocycles. The zero-order valence-electron chi connectivity index (χ0n) is 9.74. The lowest BCUT2D eigenvalue weighted by Crippen LogP contribution is -2.36. The van der Waals surface area contributed by atoms with Gasteiger partial charge in [-0.15, -0.1) is 0 Å². The summed E-state index contributed by atoms with van der Waals surface area (Å²) in [7, 11) is 3.27. The van der Waals surface area contributed by atoms with Gasteiger partial charge < -0.3 is 14.6 Å². The molecule has 0 spiro atoms. The lowest BCUT2D eigenvalue weighted by molar-refractivity contribution is -0.127. The van der Waals surface area contributed by atoms with Crippen LogP contribution in [0.4, 0.5) is 0 Å². The molecule has 0 saturated carbocycles. The highest BCUT2D eigenvalue weighted by atomic mass is 16.3. The zero-order chi connectivity index (χ0) is 12.1. The van der Waals surface area contributed by atoms with Gasteiger partial charge in [0.25, 0.3) is 5.91 Å². The standard InChI is InChI=1S/C11H16N2O3/c1-4-8-5-6-9(16-8)11(15)12-7-10(14)13(2)3/h5-6H,4,7H2,1-3H3,(H,12,15). The molecule has 5 heteroatoms. The number of nitrogens with zero attached hydrogens (tertiary/aromatic N) is 1. The summed E-state index contributed by atoms with van der Waals surface area (Å²) >= 11 is 0. The molecule has 0 atom stereocenters. The third kappa shape index (κ3) is 3.12. The van der Waals surface area contributed by atoms with Gasteiger partial charge in [0.05, 0.1) is 6.54 Å². The molecule has 1 N–H and O–H groups in total. The van der Waals surface area contributed by atoms with Crippen molar-refractivity contribution in [2.45, 2.75) is 13.3 Å². The molecule has 1 rings (SSSR count). The quantitative estimate of drug-likeness (QED) is 0.817. The number of carbonyl (C=O) groups excluding carboxylic acids is 2. The summed E-state index contributed by atoms with van der Waals surface area (Å²) in [6.45, 7) is 1.92. The van der Waals surface area contributed by atoms with Crippen LogP contribution in [0, 0.1) is 0 Å². The Labute approximate surface area is 94.4 Å². The Morgan fingerprint density at radius 1 is 1.38 bits per heavy atom. The van der Waals surface area contributed by atoms with Gasteiger partial charge in [-0.1, -0.05) is 6.92 Å². The number of hydrogen-bond acceptors (Lipinski definition) is 3. The molecule has 0 aliphatic carbocycles. The van der Waals surface area contributed by atoms with Gasteiger partial charge in [0, 0.05) is 20.5 Å². The second-order valence-corrected chi connectivity index (χ2v) is 3.59. The molecule has 0 radical (unpaired) electrons. The van der Waals surface area contributed by atoms with Crippen LogP contribution < -0.4 is 5.32 Å². The number of hydrogen-bond donors (Lipinski definition) is 1. The lowest BCUT2D eigenvalue weighted by Gasteiger charge is -2.09. The molecule has 0 bridgehead atoms. The smallest absolute Gasteiger partial charge is 0.287 e. The van der Waals surface area contributed by atoms with Gasteiger partial charge in [-0.3, -0.25) is 9.59 Å². The van der Waals surface area contributed by atoms with Crippen LogP contribution >= 0.6 is 0 Å². The second kappa shape index (κ2) is 5.34. The molecule has 16 heavy (non-hydrogen) atoms. The van der Waals surface area contributed by atoms with Gasteiger partial charge in [0.2, 0.25) is 5.91 Å². The number of nitrogens with one attached hydrogen (secondary N) is 1. The van der Waals surface area contributed by atoms with E-state index < -0.39 is 0 Å². The maximum absolute atomic E-state index is 11.5. The van der Waals surface area contributed by atoms with Crippen molar-refractivity contribution in [2.75, 3.05) is 20.6 Å². The van der Waals surface area contributed by atoms with Crippen LogP contribution in [0.2, 0.25) is 0 Å². The van der Waals surface area contributed by atoms with E-state index in [0.29, 0.717) is 0 Å². The van der Waals surface area contributed by atoms with Crippen molar-refractivity contribution >= 4 is 11.8 Å². The first kappa shape index (κ1) is 12.3. The summed E-state index contributed by atoms with van der Waals surface area (Å²) in [5.74, 6) is 0.470. The number of rotatable bonds is 4. The Bertz CT molecular complexity index is 382. The van der Waals surface area contributed by atoms with Crippen LogP contribution in [-0.2, 0) is 11.2 Å². The summed E-state index contributed by atoms with van der Waals surface area (Å²) in [5, 5.41) is 2.49. The predicted molar refractivity (Wildman–Crippen MR) is 59.1 cm³/mol. The van der Waals surface area contributed by atoms with Crippen molar-refractivity contribution in [3.63, 3.8) is 0 Å². The largest absolute Gasteiger partial charge is 0.456 e. The van der Waals surface area contributed by atoms with E-state index in [0.717, 1.165) is 12.2 Å². The van der Waals surface area contributed by atoms with E-state index in [9.17, 15) is 9.59 Å². The van der Waals surface area contributed by atoms with E-state index in [4.69, 9.17) is 4.42 Å². The molecule has 88 valence electrons. The van der Waals surface area contributed by atoms with Gasteiger partial charge in [-0.05, 0) is 12.1 Å². The van der Waals surface area contributed by atoms with Crippen molar-refractivity contribution in [1.82, 2.24) is 10.2 Å². The summed E-state index contributed by atoms with van der Waals surface area (Å²) in [4.78, 5) is 24.2. The molecule has 1 heterocycles. The average molecular weight is 224 g/mol. The van der Waals surface area contributed by atoms with Gasteiger partial charge in [0.15, 0.2) is 5.76 Å². The van der Waals surface area contributed by atoms with E-state index in [2.05, 4.69) is 5.32 Å². The topological polar surface area (TPSA) is 62.6 Å². The number of furan rings is 1. The van der Waals surface area contributed by atoms with E-state index in [1.165, 1.54) is 4.90 Å². The SMILES string of the molecule is CCc1ccc(C(=O)NCC(=O)N(C)C)o1. The molecule has 0 unspecified atom stereocenters. The fourth-order valence-electron chi connectivity index (χ4n) is 1.09. The second-order valence-electron chi connectivity index (χ2n) is 3.59. The van der Waals surface area contributed by atoms with Crippen LogP contribution in [-0.4, -0.2) is 37.4 Å².